The molecule has 0 spiro atoms. The van der Waals surface area contributed by atoms with E-state index in [-0.39, 0.29) is 11.6 Å². The van der Waals surface area contributed by atoms with Crippen molar-refractivity contribution in [3.63, 3.8) is 0 Å². The number of H-pyrrole nitrogens is 2. The van der Waals surface area contributed by atoms with E-state index in [4.69, 9.17) is 4.42 Å². The summed E-state index contributed by atoms with van der Waals surface area (Å²) in [4.78, 5) is 24.6. The lowest BCUT2D eigenvalue weighted by molar-refractivity contribution is 0.0953. The number of nitrogens with one attached hydrogen (secondary N) is 3. The van der Waals surface area contributed by atoms with E-state index in [1.165, 1.54) is 12.5 Å². The smallest absolute Gasteiger partial charge is 0.340 e. The first-order valence-electron chi connectivity index (χ1n) is 4.69. The molecule has 2 heterocycles. The summed E-state index contributed by atoms with van der Waals surface area (Å²) in [5.74, 6) is 0.295. The molecule has 0 aliphatic heterocycles. The van der Waals surface area contributed by atoms with E-state index in [0.717, 1.165) is 0 Å². The van der Waals surface area contributed by atoms with Crippen molar-refractivity contribution in [1.29, 1.82) is 0 Å². The summed E-state index contributed by atoms with van der Waals surface area (Å²) in [6.45, 7) is 0.394. The topological polar surface area (TPSA) is 104 Å². The van der Waals surface area contributed by atoms with Gasteiger partial charge in [0.1, 0.15) is 12.1 Å². The number of rotatable bonds is 4. The lowest BCUT2D eigenvalue weighted by atomic mass is 10.3. The highest BCUT2D eigenvalue weighted by atomic mass is 16.3. The van der Waals surface area contributed by atoms with Crippen LogP contribution in [0.1, 0.15) is 16.2 Å². The minimum absolute atomic E-state index is 0.216. The molecule has 0 radical (unpaired) electrons. The second-order valence-electron chi connectivity index (χ2n) is 3.14. The molecule has 0 aliphatic rings. The molecule has 0 saturated carbocycles. The second kappa shape index (κ2) is 4.47. The molecule has 2 aromatic heterocycles. The Morgan fingerprint density at radius 3 is 3.06 bits per heavy atom. The van der Waals surface area contributed by atoms with Gasteiger partial charge < -0.3 is 9.73 Å². The van der Waals surface area contributed by atoms with Crippen LogP contribution in [0.15, 0.2) is 27.8 Å². The Balaban J connectivity index is 1.80. The fourth-order valence-corrected chi connectivity index (χ4v) is 1.21. The zero-order chi connectivity index (χ0) is 11.4. The van der Waals surface area contributed by atoms with Gasteiger partial charge in [-0.15, -0.1) is 0 Å². The number of aromatic amines is 2. The summed E-state index contributed by atoms with van der Waals surface area (Å²) in [7, 11) is 0. The van der Waals surface area contributed by atoms with Gasteiger partial charge in [-0.1, -0.05) is 0 Å². The van der Waals surface area contributed by atoms with Crippen molar-refractivity contribution in [2.24, 2.45) is 0 Å². The van der Waals surface area contributed by atoms with E-state index in [1.54, 1.807) is 6.07 Å². The third kappa shape index (κ3) is 2.38. The molecular weight excluding hydrogens is 212 g/mol. The standard InChI is InChI=1S/C9H10N4O3/c14-8(6-2-4-16-5-6)10-3-1-7-11-9(15)13-12-7/h2,4-5H,1,3H2,(H,10,14)(H2,11,12,13,15). The molecule has 0 aromatic carbocycles. The number of hydrogen-bond donors (Lipinski definition) is 3. The van der Waals surface area contributed by atoms with Gasteiger partial charge in [0.2, 0.25) is 0 Å². The van der Waals surface area contributed by atoms with Gasteiger partial charge in [0.05, 0.1) is 11.8 Å². The molecule has 0 aliphatic carbocycles. The molecule has 3 N–H and O–H groups in total. The normalized spacial score (nSPS) is 10.2. The van der Waals surface area contributed by atoms with Crippen LogP contribution < -0.4 is 11.0 Å². The number of carbonyl (C=O) groups excluding carboxylic acids is 1. The average Bonchev–Trinajstić information content (AvgIpc) is 2.89. The summed E-state index contributed by atoms with van der Waals surface area (Å²) in [6.07, 6.45) is 3.26. The molecule has 1 amide bonds. The third-order valence-electron chi connectivity index (χ3n) is 1.98. The predicted octanol–water partition coefficient (Wildman–Crippen LogP) is -0.337. The van der Waals surface area contributed by atoms with E-state index in [0.29, 0.717) is 24.4 Å². The summed E-state index contributed by atoms with van der Waals surface area (Å²) in [6, 6.07) is 1.58. The molecule has 2 rings (SSSR count). The Bertz CT molecular complexity index is 511. The van der Waals surface area contributed by atoms with Crippen LogP contribution in [-0.4, -0.2) is 27.6 Å². The molecular formula is C9H10N4O3. The van der Waals surface area contributed by atoms with Gasteiger partial charge in [-0.25, -0.2) is 9.89 Å². The number of amides is 1. The maximum absolute atomic E-state index is 11.4. The van der Waals surface area contributed by atoms with Crippen LogP contribution in [0.25, 0.3) is 0 Å². The number of aromatic nitrogens is 3. The second-order valence-corrected chi connectivity index (χ2v) is 3.14. The van der Waals surface area contributed by atoms with Crippen molar-refractivity contribution in [2.75, 3.05) is 6.54 Å². The first-order valence-corrected chi connectivity index (χ1v) is 4.69. The highest BCUT2D eigenvalue weighted by Gasteiger charge is 2.06. The van der Waals surface area contributed by atoms with Gasteiger partial charge >= 0.3 is 5.69 Å². The number of carbonyl (C=O) groups is 1. The maximum atomic E-state index is 11.4. The summed E-state index contributed by atoms with van der Waals surface area (Å²) in [5, 5.41) is 8.63. The largest absolute Gasteiger partial charge is 0.472 e. The fourth-order valence-electron chi connectivity index (χ4n) is 1.21. The quantitative estimate of drug-likeness (QED) is 0.658. The zero-order valence-electron chi connectivity index (χ0n) is 8.32. The summed E-state index contributed by atoms with van der Waals surface area (Å²) in [5.41, 5.74) is 0.117. The third-order valence-corrected chi connectivity index (χ3v) is 1.98. The number of furan rings is 1. The van der Waals surface area contributed by atoms with Crippen molar-refractivity contribution in [1.82, 2.24) is 20.5 Å². The lowest BCUT2D eigenvalue weighted by Crippen LogP contribution is -2.25. The Morgan fingerprint density at radius 2 is 2.44 bits per heavy atom. The van der Waals surface area contributed by atoms with Crippen molar-refractivity contribution in [3.05, 3.63) is 40.5 Å². The molecule has 7 heteroatoms. The zero-order valence-corrected chi connectivity index (χ0v) is 8.32. The SMILES string of the molecule is O=C(NCCc1n[nH]c(=O)[nH]1)c1ccoc1. The van der Waals surface area contributed by atoms with Crippen molar-refractivity contribution in [3.8, 4) is 0 Å². The van der Waals surface area contributed by atoms with Gasteiger partial charge in [0, 0.05) is 13.0 Å². The van der Waals surface area contributed by atoms with Crippen LogP contribution in [0, 0.1) is 0 Å². The fraction of sp³-hybridized carbons (Fsp3) is 0.222. The Morgan fingerprint density at radius 1 is 1.56 bits per heavy atom. The van der Waals surface area contributed by atoms with Crippen LogP contribution in [0.4, 0.5) is 0 Å². The van der Waals surface area contributed by atoms with Crippen molar-refractivity contribution >= 4 is 5.91 Å². The van der Waals surface area contributed by atoms with Gasteiger partial charge in [-0.05, 0) is 6.07 Å². The summed E-state index contributed by atoms with van der Waals surface area (Å²) >= 11 is 0. The monoisotopic (exact) mass is 222 g/mol. The highest BCUT2D eigenvalue weighted by molar-refractivity contribution is 5.93. The molecule has 0 bridgehead atoms. The molecule has 84 valence electrons. The van der Waals surface area contributed by atoms with E-state index in [1.807, 2.05) is 0 Å². The van der Waals surface area contributed by atoms with Gasteiger partial charge in [-0.3, -0.25) is 9.78 Å². The number of nitrogens with zero attached hydrogens (tertiary/aromatic N) is 1. The molecule has 0 fully saturated rings. The minimum Gasteiger partial charge on any atom is -0.472 e. The number of hydrogen-bond acceptors (Lipinski definition) is 4. The van der Waals surface area contributed by atoms with Crippen LogP contribution in [0.5, 0.6) is 0 Å². The Hall–Kier alpha value is -2.31. The van der Waals surface area contributed by atoms with E-state index in [2.05, 4.69) is 20.5 Å². The van der Waals surface area contributed by atoms with Crippen LogP contribution >= 0.6 is 0 Å². The lowest BCUT2D eigenvalue weighted by Gasteiger charge is -2.00. The van der Waals surface area contributed by atoms with E-state index in [9.17, 15) is 9.59 Å². The maximum Gasteiger partial charge on any atom is 0.340 e. The first-order chi connectivity index (χ1) is 7.75. The molecule has 0 unspecified atom stereocenters. The molecule has 0 saturated heterocycles. The molecule has 16 heavy (non-hydrogen) atoms. The van der Waals surface area contributed by atoms with Crippen LogP contribution in [0.3, 0.4) is 0 Å². The summed E-state index contributed by atoms with van der Waals surface area (Å²) < 4.78 is 4.78. The van der Waals surface area contributed by atoms with Crippen LogP contribution in [0.2, 0.25) is 0 Å². The van der Waals surface area contributed by atoms with Crippen molar-refractivity contribution < 1.29 is 9.21 Å². The van der Waals surface area contributed by atoms with Gasteiger partial charge in [-0.2, -0.15) is 5.10 Å². The Labute approximate surface area is 89.9 Å². The average molecular weight is 222 g/mol. The predicted molar refractivity (Wildman–Crippen MR) is 54.0 cm³/mol. The van der Waals surface area contributed by atoms with Crippen molar-refractivity contribution in [2.45, 2.75) is 6.42 Å². The molecule has 7 nitrogen and oxygen atoms in total. The van der Waals surface area contributed by atoms with Gasteiger partial charge in [0.25, 0.3) is 5.91 Å². The molecule has 2 aromatic rings. The van der Waals surface area contributed by atoms with Gasteiger partial charge in [0.15, 0.2) is 0 Å². The van der Waals surface area contributed by atoms with E-state index >= 15 is 0 Å². The van der Waals surface area contributed by atoms with E-state index < -0.39 is 0 Å². The minimum atomic E-state index is -0.351. The van der Waals surface area contributed by atoms with Crippen LogP contribution in [-0.2, 0) is 6.42 Å². The molecule has 0 atom stereocenters. The highest BCUT2D eigenvalue weighted by Crippen LogP contribution is 1.98. The first kappa shape index (κ1) is 10.2. The Kier molecular flexibility index (Phi) is 2.86.